The number of carbonyl (C=O) groups is 1. The zero-order chi connectivity index (χ0) is 13.0. The second kappa shape index (κ2) is 5.82. The SMILES string of the molecule is Nc1ccc(C(=O)NCCC2CCOC2)cc1F. The first-order chi connectivity index (χ1) is 8.66. The summed E-state index contributed by atoms with van der Waals surface area (Å²) in [5.74, 6) is -0.312. The first-order valence-electron chi connectivity index (χ1n) is 6.08. The van der Waals surface area contributed by atoms with Gasteiger partial charge in [0.2, 0.25) is 0 Å². The van der Waals surface area contributed by atoms with E-state index in [4.69, 9.17) is 10.5 Å². The third-order valence-electron chi connectivity index (χ3n) is 3.12. The Kier molecular flexibility index (Phi) is 4.15. The molecule has 0 bridgehead atoms. The molecule has 1 saturated heterocycles. The molecule has 1 heterocycles. The summed E-state index contributed by atoms with van der Waals surface area (Å²) >= 11 is 0. The number of rotatable bonds is 4. The number of nitrogens with one attached hydrogen (secondary N) is 1. The van der Waals surface area contributed by atoms with E-state index in [0.717, 1.165) is 32.1 Å². The second-order valence-corrected chi connectivity index (χ2v) is 4.51. The van der Waals surface area contributed by atoms with Crippen LogP contribution in [-0.4, -0.2) is 25.7 Å². The summed E-state index contributed by atoms with van der Waals surface area (Å²) in [6.45, 7) is 2.16. The number of ether oxygens (including phenoxy) is 1. The number of amides is 1. The third kappa shape index (κ3) is 3.20. The van der Waals surface area contributed by atoms with Gasteiger partial charge in [-0.05, 0) is 37.0 Å². The highest BCUT2D eigenvalue weighted by Crippen LogP contribution is 2.15. The average Bonchev–Trinajstić information content (AvgIpc) is 2.85. The Balaban J connectivity index is 1.81. The number of nitrogens with two attached hydrogens (primary N) is 1. The lowest BCUT2D eigenvalue weighted by Gasteiger charge is -2.09. The molecule has 0 radical (unpaired) electrons. The molecule has 18 heavy (non-hydrogen) atoms. The van der Waals surface area contributed by atoms with Crippen LogP contribution in [0.25, 0.3) is 0 Å². The lowest BCUT2D eigenvalue weighted by molar-refractivity contribution is 0.0950. The van der Waals surface area contributed by atoms with Gasteiger partial charge >= 0.3 is 0 Å². The van der Waals surface area contributed by atoms with Gasteiger partial charge < -0.3 is 15.8 Å². The van der Waals surface area contributed by atoms with E-state index in [-0.39, 0.29) is 11.6 Å². The molecule has 1 aromatic carbocycles. The minimum absolute atomic E-state index is 0.0506. The molecule has 1 aromatic rings. The van der Waals surface area contributed by atoms with Crippen LogP contribution in [-0.2, 0) is 4.74 Å². The Labute approximate surface area is 105 Å². The first kappa shape index (κ1) is 12.8. The molecule has 0 aromatic heterocycles. The molecule has 1 amide bonds. The predicted octanol–water partition coefficient (Wildman–Crippen LogP) is 1.56. The smallest absolute Gasteiger partial charge is 0.251 e. The van der Waals surface area contributed by atoms with Gasteiger partial charge in [-0.3, -0.25) is 4.79 Å². The maximum absolute atomic E-state index is 13.2. The summed E-state index contributed by atoms with van der Waals surface area (Å²) in [4.78, 5) is 11.7. The van der Waals surface area contributed by atoms with E-state index in [9.17, 15) is 9.18 Å². The van der Waals surface area contributed by atoms with Crippen molar-refractivity contribution < 1.29 is 13.9 Å². The van der Waals surface area contributed by atoms with Gasteiger partial charge in [0.1, 0.15) is 5.82 Å². The quantitative estimate of drug-likeness (QED) is 0.799. The predicted molar refractivity (Wildman–Crippen MR) is 66.7 cm³/mol. The highest BCUT2D eigenvalue weighted by molar-refractivity contribution is 5.94. The average molecular weight is 252 g/mol. The fourth-order valence-corrected chi connectivity index (χ4v) is 1.97. The van der Waals surface area contributed by atoms with Crippen LogP contribution in [0.5, 0.6) is 0 Å². The van der Waals surface area contributed by atoms with Crippen LogP contribution in [0, 0.1) is 11.7 Å². The van der Waals surface area contributed by atoms with Crippen molar-refractivity contribution in [3.05, 3.63) is 29.6 Å². The highest BCUT2D eigenvalue weighted by atomic mass is 19.1. The lowest BCUT2D eigenvalue weighted by Crippen LogP contribution is -2.26. The molecule has 5 heteroatoms. The Morgan fingerprint density at radius 2 is 2.39 bits per heavy atom. The summed E-state index contributed by atoms with van der Waals surface area (Å²) in [6.07, 6.45) is 1.94. The first-order valence-corrected chi connectivity index (χ1v) is 6.08. The molecule has 0 spiro atoms. The van der Waals surface area contributed by atoms with Gasteiger partial charge in [-0.1, -0.05) is 0 Å². The van der Waals surface area contributed by atoms with Crippen molar-refractivity contribution in [2.45, 2.75) is 12.8 Å². The number of carbonyl (C=O) groups excluding carboxylic acids is 1. The molecule has 2 rings (SSSR count). The standard InChI is InChI=1S/C13H17FN2O2/c14-11-7-10(1-2-12(11)15)13(17)16-5-3-9-4-6-18-8-9/h1-2,7,9H,3-6,8,15H2,(H,16,17). The van der Waals surface area contributed by atoms with Crippen molar-refractivity contribution in [2.75, 3.05) is 25.5 Å². The highest BCUT2D eigenvalue weighted by Gasteiger charge is 2.15. The molecular weight excluding hydrogens is 235 g/mol. The second-order valence-electron chi connectivity index (χ2n) is 4.51. The molecule has 1 fully saturated rings. The van der Waals surface area contributed by atoms with Crippen LogP contribution in [0.4, 0.5) is 10.1 Å². The van der Waals surface area contributed by atoms with E-state index in [0.29, 0.717) is 18.0 Å². The molecule has 4 nitrogen and oxygen atoms in total. The van der Waals surface area contributed by atoms with E-state index >= 15 is 0 Å². The number of halogens is 1. The van der Waals surface area contributed by atoms with Crippen LogP contribution in [0.2, 0.25) is 0 Å². The molecular formula is C13H17FN2O2. The zero-order valence-corrected chi connectivity index (χ0v) is 10.1. The minimum Gasteiger partial charge on any atom is -0.396 e. The van der Waals surface area contributed by atoms with Crippen LogP contribution in [0.3, 0.4) is 0 Å². The van der Waals surface area contributed by atoms with Crippen molar-refractivity contribution in [2.24, 2.45) is 5.92 Å². The van der Waals surface area contributed by atoms with Crippen molar-refractivity contribution in [1.82, 2.24) is 5.32 Å². The lowest BCUT2D eigenvalue weighted by atomic mass is 10.1. The van der Waals surface area contributed by atoms with E-state index in [2.05, 4.69) is 5.32 Å². The summed E-state index contributed by atoms with van der Waals surface area (Å²) in [5, 5.41) is 2.77. The monoisotopic (exact) mass is 252 g/mol. The van der Waals surface area contributed by atoms with Gasteiger partial charge in [0, 0.05) is 25.3 Å². The van der Waals surface area contributed by atoms with Crippen LogP contribution in [0.1, 0.15) is 23.2 Å². The summed E-state index contributed by atoms with van der Waals surface area (Å²) in [5.41, 5.74) is 5.70. The number of anilines is 1. The largest absolute Gasteiger partial charge is 0.396 e. The minimum atomic E-state index is -0.563. The maximum atomic E-state index is 13.2. The Bertz CT molecular complexity index is 431. The maximum Gasteiger partial charge on any atom is 0.251 e. The topological polar surface area (TPSA) is 64.4 Å². The molecule has 0 saturated carbocycles. The van der Waals surface area contributed by atoms with E-state index in [1.54, 1.807) is 0 Å². The van der Waals surface area contributed by atoms with Crippen LogP contribution >= 0.6 is 0 Å². The normalized spacial score (nSPS) is 18.8. The summed E-state index contributed by atoms with van der Waals surface area (Å²) in [6, 6.07) is 4.07. The van der Waals surface area contributed by atoms with E-state index in [1.165, 1.54) is 12.1 Å². The number of hydrogen-bond acceptors (Lipinski definition) is 3. The fraction of sp³-hybridized carbons (Fsp3) is 0.462. The van der Waals surface area contributed by atoms with E-state index < -0.39 is 5.82 Å². The van der Waals surface area contributed by atoms with Crippen molar-refractivity contribution in [1.29, 1.82) is 0 Å². The Morgan fingerprint density at radius 3 is 3.06 bits per heavy atom. The third-order valence-corrected chi connectivity index (χ3v) is 3.12. The van der Waals surface area contributed by atoms with E-state index in [1.807, 2.05) is 0 Å². The molecule has 0 aliphatic carbocycles. The Morgan fingerprint density at radius 1 is 1.56 bits per heavy atom. The van der Waals surface area contributed by atoms with Gasteiger partial charge in [0.15, 0.2) is 0 Å². The number of benzene rings is 1. The van der Waals surface area contributed by atoms with Gasteiger partial charge in [-0.25, -0.2) is 4.39 Å². The van der Waals surface area contributed by atoms with Crippen molar-refractivity contribution in [3.8, 4) is 0 Å². The summed E-state index contributed by atoms with van der Waals surface area (Å²) in [7, 11) is 0. The van der Waals surface area contributed by atoms with Gasteiger partial charge in [0.25, 0.3) is 5.91 Å². The molecule has 1 unspecified atom stereocenters. The van der Waals surface area contributed by atoms with Gasteiger partial charge in [0.05, 0.1) is 5.69 Å². The van der Waals surface area contributed by atoms with Gasteiger partial charge in [-0.2, -0.15) is 0 Å². The van der Waals surface area contributed by atoms with Gasteiger partial charge in [-0.15, -0.1) is 0 Å². The Hall–Kier alpha value is -1.62. The van der Waals surface area contributed by atoms with Crippen LogP contribution < -0.4 is 11.1 Å². The number of hydrogen-bond donors (Lipinski definition) is 2. The molecule has 1 atom stereocenters. The van der Waals surface area contributed by atoms with Crippen LogP contribution in [0.15, 0.2) is 18.2 Å². The number of nitrogen functional groups attached to an aromatic ring is 1. The zero-order valence-electron chi connectivity index (χ0n) is 10.1. The molecule has 1 aliphatic rings. The molecule has 3 N–H and O–H groups in total. The molecule has 98 valence electrons. The van der Waals surface area contributed by atoms with Crippen molar-refractivity contribution in [3.63, 3.8) is 0 Å². The summed E-state index contributed by atoms with van der Waals surface area (Å²) < 4.78 is 18.4. The fourth-order valence-electron chi connectivity index (χ4n) is 1.97. The van der Waals surface area contributed by atoms with Crippen molar-refractivity contribution >= 4 is 11.6 Å². The molecule has 1 aliphatic heterocycles.